The molecule has 5 aromatic rings. The van der Waals surface area contributed by atoms with E-state index in [1.807, 2.05) is 42.5 Å². The van der Waals surface area contributed by atoms with Gasteiger partial charge in [-0.1, -0.05) is 84.9 Å². The third-order valence-corrected chi connectivity index (χ3v) is 10.6. The van der Waals surface area contributed by atoms with E-state index in [1.54, 1.807) is 29.6 Å². The minimum absolute atomic E-state index is 0.0101. The van der Waals surface area contributed by atoms with Crippen LogP contribution in [0, 0.1) is 5.82 Å². The van der Waals surface area contributed by atoms with Crippen LogP contribution in [-0.2, 0) is 54.5 Å². The van der Waals surface area contributed by atoms with Crippen LogP contribution in [0.2, 0.25) is 0 Å². The van der Waals surface area contributed by atoms with Crippen LogP contribution in [0.3, 0.4) is 0 Å². The average Bonchev–Trinajstić information content (AvgIpc) is 3.74. The van der Waals surface area contributed by atoms with Gasteiger partial charge in [-0.3, -0.25) is 24.0 Å². The quantitative estimate of drug-likeness (QED) is 0.115. The van der Waals surface area contributed by atoms with E-state index in [2.05, 4.69) is 26.6 Å². The van der Waals surface area contributed by atoms with Crippen molar-refractivity contribution < 1.29 is 43.4 Å². The summed E-state index contributed by atoms with van der Waals surface area (Å²) in [5.74, 6) is -5.99. The lowest BCUT2D eigenvalue weighted by atomic mass is 9.99. The minimum atomic E-state index is -1.80. The number of fused-ring (bicyclic) bond motifs is 18. The van der Waals surface area contributed by atoms with Crippen molar-refractivity contribution in [1.29, 1.82) is 0 Å². The number of nitrogens with one attached hydrogen (secondary N) is 5. The highest BCUT2D eigenvalue weighted by Crippen LogP contribution is 2.21. The maximum Gasteiger partial charge on any atom is 0.326 e. The third kappa shape index (κ3) is 11.9. The lowest BCUT2D eigenvalue weighted by Crippen LogP contribution is -2.59. The van der Waals surface area contributed by atoms with Crippen molar-refractivity contribution in [3.05, 3.63) is 148 Å². The van der Waals surface area contributed by atoms with Crippen molar-refractivity contribution in [2.24, 2.45) is 0 Å². The second kappa shape index (κ2) is 19.6. The second-order valence-corrected chi connectivity index (χ2v) is 15.2. The topological polar surface area (TPSA) is 203 Å². The Morgan fingerprint density at radius 1 is 0.610 bits per heavy atom. The van der Waals surface area contributed by atoms with Crippen LogP contribution >= 0.6 is 11.3 Å². The lowest BCUT2D eigenvalue weighted by molar-refractivity contribution is -0.142. The first-order valence-electron chi connectivity index (χ1n) is 18.8. The molecule has 0 radical (unpaired) electrons. The van der Waals surface area contributed by atoms with Crippen LogP contribution in [0.5, 0.6) is 0 Å². The molecule has 2 aliphatic heterocycles. The SMILES string of the molecule is O=C1C[C@@H](O)C(=O)Nc2ccc(cc2)C[C@@H](C(=O)O)NC(=O)[C@@H](Cc2ccc(F)cc2)NC(=O)[C@H](Cc2ccc(-c3ccccc3)cc2)NC(=O)[C@@H](Cc2cccs2)N1. The summed E-state index contributed by atoms with van der Waals surface area (Å²) < 4.78 is 13.9. The molecule has 0 saturated heterocycles. The van der Waals surface area contributed by atoms with Crippen molar-refractivity contribution in [2.45, 2.75) is 62.4 Å². The minimum Gasteiger partial charge on any atom is -0.480 e. The number of carbonyl (C=O) groups is 6. The predicted octanol–water partition coefficient (Wildman–Crippen LogP) is 3.55. The fraction of sp³-hybridized carbons (Fsp3) is 0.227. The number of hydrogen-bond acceptors (Lipinski definition) is 8. The van der Waals surface area contributed by atoms with Crippen LogP contribution in [0.4, 0.5) is 10.1 Å². The van der Waals surface area contributed by atoms with Crippen molar-refractivity contribution in [2.75, 3.05) is 5.32 Å². The highest BCUT2D eigenvalue weighted by Gasteiger charge is 2.33. The van der Waals surface area contributed by atoms with Gasteiger partial charge in [-0.15, -0.1) is 11.3 Å². The number of halogens is 1. The van der Waals surface area contributed by atoms with Crippen molar-refractivity contribution in [3.8, 4) is 11.1 Å². The number of aliphatic carboxylic acids is 1. The van der Waals surface area contributed by atoms with Gasteiger partial charge in [0.15, 0.2) is 0 Å². The first-order valence-corrected chi connectivity index (χ1v) is 19.7. The Morgan fingerprint density at radius 2 is 1.17 bits per heavy atom. The zero-order valence-corrected chi connectivity index (χ0v) is 32.4. The molecule has 4 aromatic carbocycles. The van der Waals surface area contributed by atoms with Crippen molar-refractivity contribution in [3.63, 3.8) is 0 Å². The number of aliphatic hydroxyl groups is 1. The zero-order valence-electron chi connectivity index (χ0n) is 31.6. The molecule has 0 saturated carbocycles. The van der Waals surface area contributed by atoms with E-state index in [1.165, 1.54) is 59.9 Å². The number of carboxylic acids is 1. The molecule has 59 heavy (non-hydrogen) atoms. The van der Waals surface area contributed by atoms with E-state index in [-0.39, 0.29) is 31.4 Å². The summed E-state index contributed by atoms with van der Waals surface area (Å²) in [6, 6.07) is 26.3. The van der Waals surface area contributed by atoms with Gasteiger partial charge < -0.3 is 36.8 Å². The van der Waals surface area contributed by atoms with Crippen molar-refractivity contribution in [1.82, 2.24) is 21.3 Å². The molecule has 3 heterocycles. The monoisotopic (exact) mass is 819 g/mol. The van der Waals surface area contributed by atoms with Crippen LogP contribution in [0.15, 0.2) is 121 Å². The molecule has 304 valence electrons. The highest BCUT2D eigenvalue weighted by molar-refractivity contribution is 7.09. The summed E-state index contributed by atoms with van der Waals surface area (Å²) in [6.07, 6.45) is -2.88. The van der Waals surface area contributed by atoms with Crippen LogP contribution < -0.4 is 26.6 Å². The third-order valence-electron chi connectivity index (χ3n) is 9.71. The van der Waals surface area contributed by atoms with Gasteiger partial charge in [0.1, 0.15) is 36.1 Å². The standard InChI is InChI=1S/C44H42FN5O8S/c45-31-16-10-27(11-17-31)22-35-41(54)50-37(44(57)58)23-28-12-18-32(19-13-28)46-43(56)38(51)25-39(52)47-36(24-33-7-4-20-59-33)42(55)49-34(40(53)48-35)21-26-8-14-30(15-9-26)29-5-2-1-3-6-29/h1-20,34-38,51H,21-25H2,(H,46,56)(H,47,52)(H,48,53)(H,49,55)(H,50,54)(H,57,58)/t34-,35+,36+,37-,38+/m0/s1. The summed E-state index contributed by atoms with van der Waals surface area (Å²) in [6.45, 7) is 0. The normalized spacial score (nSPS) is 20.9. The van der Waals surface area contributed by atoms with E-state index in [0.717, 1.165) is 16.0 Å². The van der Waals surface area contributed by atoms with E-state index in [0.29, 0.717) is 16.7 Å². The summed E-state index contributed by atoms with van der Waals surface area (Å²) in [7, 11) is 0. The molecule has 0 unspecified atom stereocenters. The molecular formula is C44H42FN5O8S. The number of carbonyl (C=O) groups excluding carboxylic acids is 5. The van der Waals surface area contributed by atoms with Crippen LogP contribution in [0.25, 0.3) is 11.1 Å². The number of benzene rings is 4. The Kier molecular flexibility index (Phi) is 13.9. The van der Waals surface area contributed by atoms with Gasteiger partial charge >= 0.3 is 5.97 Å². The molecule has 0 fully saturated rings. The fourth-order valence-corrected chi connectivity index (χ4v) is 7.29. The van der Waals surface area contributed by atoms with Gasteiger partial charge in [-0.2, -0.15) is 0 Å². The molecular weight excluding hydrogens is 778 g/mol. The van der Waals surface area contributed by atoms with E-state index in [4.69, 9.17) is 0 Å². The first-order chi connectivity index (χ1) is 28.4. The molecule has 2 bridgehead atoms. The van der Waals surface area contributed by atoms with Gasteiger partial charge in [0.25, 0.3) is 5.91 Å². The summed E-state index contributed by atoms with van der Waals surface area (Å²) in [5.41, 5.74) is 3.68. The van der Waals surface area contributed by atoms with Crippen LogP contribution in [0.1, 0.15) is 28.0 Å². The molecule has 7 N–H and O–H groups in total. The number of hydrogen-bond donors (Lipinski definition) is 7. The second-order valence-electron chi connectivity index (χ2n) is 14.1. The maximum absolute atomic E-state index is 14.4. The summed E-state index contributed by atoms with van der Waals surface area (Å²) in [4.78, 5) is 81.9. The largest absolute Gasteiger partial charge is 0.480 e. The molecule has 1 aromatic heterocycles. The maximum atomic E-state index is 14.4. The molecule has 13 nitrogen and oxygen atoms in total. The van der Waals surface area contributed by atoms with E-state index in [9.17, 15) is 43.4 Å². The zero-order chi connectivity index (χ0) is 41.9. The molecule has 2 aliphatic rings. The Labute approximate surface area is 343 Å². The Hall–Kier alpha value is -6.71. The van der Waals surface area contributed by atoms with Crippen molar-refractivity contribution >= 4 is 52.5 Å². The number of rotatable bonds is 8. The van der Waals surface area contributed by atoms with Gasteiger partial charge in [-0.25, -0.2) is 9.18 Å². The van der Waals surface area contributed by atoms with Gasteiger partial charge in [-0.05, 0) is 63.5 Å². The molecule has 5 amide bonds. The molecule has 15 heteroatoms. The Morgan fingerprint density at radius 3 is 1.75 bits per heavy atom. The summed E-state index contributed by atoms with van der Waals surface area (Å²) in [5, 5.41) is 35.7. The van der Waals surface area contributed by atoms with Gasteiger partial charge in [0, 0.05) is 36.2 Å². The Balaban J connectivity index is 1.36. The van der Waals surface area contributed by atoms with Gasteiger partial charge in [0.2, 0.25) is 23.6 Å². The highest BCUT2D eigenvalue weighted by atomic mass is 32.1. The predicted molar refractivity (Wildman–Crippen MR) is 218 cm³/mol. The van der Waals surface area contributed by atoms with Crippen LogP contribution in [-0.4, -0.2) is 76.0 Å². The molecule has 7 rings (SSSR count). The van der Waals surface area contributed by atoms with E-state index < -0.39 is 78.0 Å². The smallest absolute Gasteiger partial charge is 0.326 e. The lowest BCUT2D eigenvalue weighted by Gasteiger charge is -2.26. The number of amides is 5. The molecule has 0 aliphatic carbocycles. The molecule has 0 spiro atoms. The Bertz CT molecular complexity index is 2260. The number of thiophene rings is 1. The summed E-state index contributed by atoms with van der Waals surface area (Å²) >= 11 is 1.33. The number of aliphatic hydroxyl groups excluding tert-OH is 1. The van der Waals surface area contributed by atoms with Gasteiger partial charge in [0.05, 0.1) is 6.42 Å². The van der Waals surface area contributed by atoms with E-state index >= 15 is 0 Å². The number of anilines is 1. The average molecular weight is 820 g/mol. The fourth-order valence-electron chi connectivity index (χ4n) is 6.54. The first kappa shape index (κ1) is 41.9. The molecule has 5 atom stereocenters. The number of carboxylic acid groups (broad SMARTS) is 1.